The third-order valence-electron chi connectivity index (χ3n) is 4.49. The van der Waals surface area contributed by atoms with Gasteiger partial charge in [0.1, 0.15) is 5.75 Å². The Labute approximate surface area is 167 Å². The van der Waals surface area contributed by atoms with E-state index in [9.17, 15) is 10.1 Å². The van der Waals surface area contributed by atoms with Crippen molar-refractivity contribution in [3.8, 4) is 40.5 Å². The van der Waals surface area contributed by atoms with Gasteiger partial charge >= 0.3 is 0 Å². The molecule has 0 N–H and O–H groups in total. The fourth-order valence-electron chi connectivity index (χ4n) is 2.97. The third-order valence-corrected chi connectivity index (χ3v) is 4.49. The van der Waals surface area contributed by atoms with Crippen LogP contribution in [-0.2, 0) is 0 Å². The molecule has 0 amide bonds. The molecule has 1 heterocycles. The van der Waals surface area contributed by atoms with Gasteiger partial charge in [0.2, 0.25) is 6.79 Å². The van der Waals surface area contributed by atoms with E-state index < -0.39 is 0 Å². The molecule has 0 unspecified atom stereocenters. The largest absolute Gasteiger partial charge is 0.485 e. The second kappa shape index (κ2) is 7.75. The smallest absolute Gasteiger partial charge is 0.231 e. The van der Waals surface area contributed by atoms with Gasteiger partial charge in [-0.15, -0.1) is 0 Å². The Morgan fingerprint density at radius 2 is 1.62 bits per heavy atom. The van der Waals surface area contributed by atoms with Crippen LogP contribution in [0.4, 0.5) is 0 Å². The van der Waals surface area contributed by atoms with E-state index in [-0.39, 0.29) is 19.2 Å². The van der Waals surface area contributed by atoms with E-state index in [0.717, 1.165) is 5.56 Å². The zero-order valence-corrected chi connectivity index (χ0v) is 15.2. The zero-order valence-electron chi connectivity index (χ0n) is 15.2. The number of hydrogen-bond acceptors (Lipinski definition) is 6. The summed E-state index contributed by atoms with van der Waals surface area (Å²) in [6.07, 6.45) is 0. The van der Waals surface area contributed by atoms with Crippen molar-refractivity contribution in [2.24, 2.45) is 0 Å². The number of ketones is 1. The van der Waals surface area contributed by atoms with Crippen LogP contribution < -0.4 is 14.2 Å². The number of benzene rings is 3. The molecule has 0 radical (unpaired) electrons. The Morgan fingerprint density at radius 3 is 2.38 bits per heavy atom. The van der Waals surface area contributed by atoms with Crippen LogP contribution in [0.2, 0.25) is 0 Å². The van der Waals surface area contributed by atoms with E-state index in [1.165, 1.54) is 0 Å². The van der Waals surface area contributed by atoms with E-state index in [2.05, 4.69) is 6.07 Å². The van der Waals surface area contributed by atoms with Gasteiger partial charge in [-0.1, -0.05) is 6.07 Å². The number of rotatable bonds is 5. The lowest BCUT2D eigenvalue weighted by Gasteiger charge is -2.12. The topological polar surface area (TPSA) is 92.3 Å². The molecule has 140 valence electrons. The van der Waals surface area contributed by atoms with Crippen LogP contribution in [0, 0.1) is 22.7 Å². The lowest BCUT2D eigenvalue weighted by molar-refractivity contribution is 0.0922. The molecule has 1 aliphatic rings. The predicted octanol–water partition coefficient (Wildman–Crippen LogP) is 4.09. The molecule has 0 fully saturated rings. The highest BCUT2D eigenvalue weighted by Crippen LogP contribution is 2.39. The van der Waals surface area contributed by atoms with Gasteiger partial charge in [0.15, 0.2) is 23.9 Å². The van der Waals surface area contributed by atoms with Gasteiger partial charge in [0.05, 0.1) is 23.3 Å². The van der Waals surface area contributed by atoms with Crippen LogP contribution in [0.15, 0.2) is 60.7 Å². The van der Waals surface area contributed by atoms with E-state index in [0.29, 0.717) is 39.5 Å². The van der Waals surface area contributed by atoms with E-state index in [1.807, 2.05) is 18.2 Å². The maximum Gasteiger partial charge on any atom is 0.231 e. The van der Waals surface area contributed by atoms with Gasteiger partial charge in [0.25, 0.3) is 0 Å². The number of Topliss-reactive ketones (excluding diaryl/α,β-unsaturated/α-hetero) is 1. The Kier molecular flexibility index (Phi) is 4.84. The Morgan fingerprint density at radius 1 is 0.897 bits per heavy atom. The second-order valence-corrected chi connectivity index (χ2v) is 6.29. The maximum absolute atomic E-state index is 12.4. The minimum Gasteiger partial charge on any atom is -0.485 e. The maximum atomic E-state index is 12.4. The van der Waals surface area contributed by atoms with Crippen LogP contribution in [0.25, 0.3) is 11.1 Å². The highest BCUT2D eigenvalue weighted by Gasteiger charge is 2.17. The minimum atomic E-state index is -0.213. The van der Waals surface area contributed by atoms with E-state index in [1.54, 1.807) is 48.5 Å². The molecule has 0 saturated heterocycles. The number of fused-ring (bicyclic) bond motifs is 1. The van der Waals surface area contributed by atoms with Crippen LogP contribution in [0.3, 0.4) is 0 Å². The Hall–Kier alpha value is -4.29. The van der Waals surface area contributed by atoms with Gasteiger partial charge in [-0.25, -0.2) is 0 Å². The first kappa shape index (κ1) is 18.1. The van der Waals surface area contributed by atoms with Crippen molar-refractivity contribution >= 4 is 5.78 Å². The van der Waals surface area contributed by atoms with Crippen molar-refractivity contribution in [3.05, 3.63) is 77.4 Å². The van der Waals surface area contributed by atoms with Gasteiger partial charge in [-0.2, -0.15) is 10.5 Å². The molecule has 29 heavy (non-hydrogen) atoms. The van der Waals surface area contributed by atoms with Crippen molar-refractivity contribution in [3.63, 3.8) is 0 Å². The summed E-state index contributed by atoms with van der Waals surface area (Å²) in [5, 5.41) is 18.1. The van der Waals surface area contributed by atoms with Crippen molar-refractivity contribution in [1.29, 1.82) is 10.5 Å². The predicted molar refractivity (Wildman–Crippen MR) is 104 cm³/mol. The summed E-state index contributed by atoms with van der Waals surface area (Å²) in [5.41, 5.74) is 2.88. The number of carbonyl (C=O) groups excluding carboxylic acids is 1. The first-order valence-corrected chi connectivity index (χ1v) is 8.78. The van der Waals surface area contributed by atoms with Crippen LogP contribution >= 0.6 is 0 Å². The molecule has 0 aliphatic carbocycles. The molecule has 3 aromatic carbocycles. The van der Waals surface area contributed by atoms with Crippen LogP contribution in [0.1, 0.15) is 21.5 Å². The number of carbonyl (C=O) groups is 1. The van der Waals surface area contributed by atoms with Gasteiger partial charge < -0.3 is 14.2 Å². The number of nitriles is 2. The lowest BCUT2D eigenvalue weighted by Crippen LogP contribution is -2.12. The molecule has 0 saturated carbocycles. The summed E-state index contributed by atoms with van der Waals surface area (Å²) in [7, 11) is 0. The summed E-state index contributed by atoms with van der Waals surface area (Å²) in [5.74, 6) is 1.54. The first-order chi connectivity index (χ1) is 14.2. The third kappa shape index (κ3) is 3.73. The Bertz CT molecular complexity index is 1170. The van der Waals surface area contributed by atoms with E-state index >= 15 is 0 Å². The number of hydrogen-bond donors (Lipinski definition) is 0. The summed E-state index contributed by atoms with van der Waals surface area (Å²) in [4.78, 5) is 12.4. The van der Waals surface area contributed by atoms with Crippen LogP contribution in [-0.4, -0.2) is 19.2 Å². The summed E-state index contributed by atoms with van der Waals surface area (Å²) in [6.45, 7) is -0.00513. The van der Waals surface area contributed by atoms with Crippen molar-refractivity contribution in [1.82, 2.24) is 0 Å². The SMILES string of the molecule is N#Cc1ccc(C(=O)COc2ccc(C#N)cc2-c2ccc3c(c2)OCO3)cc1. The van der Waals surface area contributed by atoms with Gasteiger partial charge in [-0.3, -0.25) is 4.79 Å². The van der Waals surface area contributed by atoms with E-state index in [4.69, 9.17) is 19.5 Å². The lowest BCUT2D eigenvalue weighted by atomic mass is 10.0. The highest BCUT2D eigenvalue weighted by atomic mass is 16.7. The van der Waals surface area contributed by atoms with Gasteiger partial charge in [-0.05, 0) is 60.2 Å². The quantitative estimate of drug-likeness (QED) is 0.617. The zero-order chi connectivity index (χ0) is 20.2. The molecule has 0 bridgehead atoms. The number of nitrogens with zero attached hydrogens (tertiary/aromatic N) is 2. The molecule has 3 aromatic rings. The molecule has 1 aliphatic heterocycles. The standard InChI is InChI=1S/C23H14N2O4/c24-11-15-1-4-17(5-2-15)20(26)13-27-21-7-3-16(12-25)9-19(21)18-6-8-22-23(10-18)29-14-28-22/h1-10H,13-14H2. The molecule has 4 rings (SSSR count). The number of ether oxygens (including phenoxy) is 3. The molecular weight excluding hydrogens is 368 g/mol. The minimum absolute atomic E-state index is 0.166. The normalized spacial score (nSPS) is 11.4. The second-order valence-electron chi connectivity index (χ2n) is 6.29. The average Bonchev–Trinajstić information content (AvgIpc) is 3.25. The molecule has 0 aromatic heterocycles. The highest BCUT2D eigenvalue weighted by molar-refractivity contribution is 5.97. The molecule has 6 nitrogen and oxygen atoms in total. The summed E-state index contributed by atoms with van der Waals surface area (Å²) >= 11 is 0. The molecule has 6 heteroatoms. The molecule has 0 spiro atoms. The summed E-state index contributed by atoms with van der Waals surface area (Å²) < 4.78 is 16.6. The molecule has 0 atom stereocenters. The van der Waals surface area contributed by atoms with Gasteiger partial charge in [0, 0.05) is 11.1 Å². The van der Waals surface area contributed by atoms with Crippen LogP contribution in [0.5, 0.6) is 17.2 Å². The average molecular weight is 382 g/mol. The summed E-state index contributed by atoms with van der Waals surface area (Å²) in [6, 6.07) is 21.0. The molecular formula is C23H14N2O4. The fraction of sp³-hybridized carbons (Fsp3) is 0.0870. The monoisotopic (exact) mass is 382 g/mol. The first-order valence-electron chi connectivity index (χ1n) is 8.78. The fourth-order valence-corrected chi connectivity index (χ4v) is 2.97. The van der Waals surface area contributed by atoms with Crippen molar-refractivity contribution < 1.29 is 19.0 Å². The van der Waals surface area contributed by atoms with Crippen molar-refractivity contribution in [2.45, 2.75) is 0 Å². The van der Waals surface area contributed by atoms with Crippen molar-refractivity contribution in [2.75, 3.05) is 13.4 Å². The Balaban J connectivity index is 1.59.